The molecular formula is C16H24O4. The molecule has 112 valence electrons. The first-order valence-corrected chi connectivity index (χ1v) is 7.03. The molecule has 0 atom stereocenters. The number of rotatable bonds is 8. The molecule has 4 nitrogen and oxygen atoms in total. The number of hydrogen-bond acceptors (Lipinski definition) is 4. The minimum Gasteiger partial charge on any atom is -0.461 e. The van der Waals surface area contributed by atoms with Crippen LogP contribution in [0.25, 0.3) is 0 Å². The Bertz CT molecular complexity index is 424. The second kappa shape index (κ2) is 8.02. The van der Waals surface area contributed by atoms with Crippen molar-refractivity contribution in [1.82, 2.24) is 0 Å². The second-order valence-corrected chi connectivity index (χ2v) is 5.46. The molecule has 1 aromatic carbocycles. The predicted octanol–water partition coefficient (Wildman–Crippen LogP) is 2.18. The summed E-state index contributed by atoms with van der Waals surface area (Å²) in [5.41, 5.74) is 0.752. The molecule has 2 N–H and O–H groups in total. The lowest BCUT2D eigenvalue weighted by Crippen LogP contribution is -2.32. The van der Waals surface area contributed by atoms with Gasteiger partial charge >= 0.3 is 5.97 Å². The highest BCUT2D eigenvalue weighted by Crippen LogP contribution is 2.18. The van der Waals surface area contributed by atoms with E-state index in [1.807, 2.05) is 18.2 Å². The van der Waals surface area contributed by atoms with Crippen molar-refractivity contribution in [3.63, 3.8) is 0 Å². The predicted molar refractivity (Wildman–Crippen MR) is 77.6 cm³/mol. The molecule has 0 radical (unpaired) electrons. The van der Waals surface area contributed by atoms with E-state index in [-0.39, 0.29) is 19.8 Å². The number of carbonyl (C=O) groups excluding carboxylic acids is 1. The van der Waals surface area contributed by atoms with Crippen LogP contribution in [-0.4, -0.2) is 36.0 Å². The zero-order valence-corrected chi connectivity index (χ0v) is 12.3. The van der Waals surface area contributed by atoms with Gasteiger partial charge in [-0.1, -0.05) is 38.5 Å². The fourth-order valence-electron chi connectivity index (χ4n) is 1.76. The summed E-state index contributed by atoms with van der Waals surface area (Å²) in [6.07, 6.45) is 2.94. The normalized spacial score (nSPS) is 11.4. The van der Waals surface area contributed by atoms with Crippen molar-refractivity contribution in [3.8, 4) is 0 Å². The maximum atomic E-state index is 12.1. The van der Waals surface area contributed by atoms with Crippen molar-refractivity contribution >= 4 is 5.97 Å². The number of ether oxygens (including phenoxy) is 1. The molecule has 0 bridgehead atoms. The smallest absolute Gasteiger partial charge is 0.338 e. The van der Waals surface area contributed by atoms with Gasteiger partial charge in [0.2, 0.25) is 0 Å². The molecule has 0 aliphatic carbocycles. The van der Waals surface area contributed by atoms with E-state index in [4.69, 9.17) is 4.74 Å². The average Bonchev–Trinajstić information content (AvgIpc) is 2.50. The number of unbranched alkanes of at least 4 members (excludes halogenated alkanes) is 1. The van der Waals surface area contributed by atoms with Gasteiger partial charge in [-0.05, 0) is 24.5 Å². The van der Waals surface area contributed by atoms with Crippen LogP contribution in [0.3, 0.4) is 0 Å². The molecular weight excluding hydrogens is 256 g/mol. The highest BCUT2D eigenvalue weighted by Gasteiger charge is 2.25. The van der Waals surface area contributed by atoms with Gasteiger partial charge in [0.05, 0.1) is 18.8 Å². The van der Waals surface area contributed by atoms with E-state index in [0.717, 1.165) is 24.8 Å². The van der Waals surface area contributed by atoms with Gasteiger partial charge in [0.15, 0.2) is 0 Å². The van der Waals surface area contributed by atoms with E-state index in [9.17, 15) is 15.0 Å². The van der Waals surface area contributed by atoms with Crippen molar-refractivity contribution in [2.45, 2.75) is 33.1 Å². The standard InChI is InChI=1S/C16H24O4/c1-3-4-7-13-8-5-6-9-14(13)15(19)20-12-16(2,10-17)11-18/h5-6,8-9,17-18H,3-4,7,10-12H2,1-2H3. The Labute approximate surface area is 120 Å². The maximum absolute atomic E-state index is 12.1. The fourth-order valence-corrected chi connectivity index (χ4v) is 1.76. The molecule has 20 heavy (non-hydrogen) atoms. The van der Waals surface area contributed by atoms with Gasteiger partial charge in [0.25, 0.3) is 0 Å². The molecule has 4 heteroatoms. The fraction of sp³-hybridized carbons (Fsp3) is 0.562. The first kappa shape index (κ1) is 16.7. The van der Waals surface area contributed by atoms with Gasteiger partial charge in [-0.2, -0.15) is 0 Å². The maximum Gasteiger partial charge on any atom is 0.338 e. The highest BCUT2D eigenvalue weighted by atomic mass is 16.5. The first-order chi connectivity index (χ1) is 9.56. The SMILES string of the molecule is CCCCc1ccccc1C(=O)OCC(C)(CO)CO. The van der Waals surface area contributed by atoms with Crippen molar-refractivity contribution in [2.24, 2.45) is 5.41 Å². The summed E-state index contributed by atoms with van der Waals surface area (Å²) in [4.78, 5) is 12.1. The molecule has 0 spiro atoms. The number of benzene rings is 1. The van der Waals surface area contributed by atoms with Crippen molar-refractivity contribution < 1.29 is 19.7 Å². The van der Waals surface area contributed by atoms with Crippen LogP contribution >= 0.6 is 0 Å². The third kappa shape index (κ3) is 4.62. The molecule has 1 rings (SSSR count). The van der Waals surface area contributed by atoms with Crippen LogP contribution in [0.4, 0.5) is 0 Å². The molecule has 0 heterocycles. The van der Waals surface area contributed by atoms with Gasteiger partial charge in [0.1, 0.15) is 6.61 Å². The van der Waals surface area contributed by atoms with E-state index in [0.29, 0.717) is 5.56 Å². The summed E-state index contributed by atoms with van der Waals surface area (Å²) < 4.78 is 5.24. The van der Waals surface area contributed by atoms with Crippen LogP contribution < -0.4 is 0 Å². The Morgan fingerprint density at radius 1 is 1.25 bits per heavy atom. The zero-order valence-electron chi connectivity index (χ0n) is 12.3. The second-order valence-electron chi connectivity index (χ2n) is 5.46. The summed E-state index contributed by atoms with van der Waals surface area (Å²) in [5, 5.41) is 18.4. The highest BCUT2D eigenvalue weighted by molar-refractivity contribution is 5.91. The minimum absolute atomic E-state index is 0.000938. The van der Waals surface area contributed by atoms with Crippen LogP contribution in [-0.2, 0) is 11.2 Å². The van der Waals surface area contributed by atoms with Crippen molar-refractivity contribution in [1.29, 1.82) is 0 Å². The van der Waals surface area contributed by atoms with E-state index in [2.05, 4.69) is 6.92 Å². The van der Waals surface area contributed by atoms with Gasteiger partial charge in [-0.3, -0.25) is 0 Å². The van der Waals surface area contributed by atoms with Crippen molar-refractivity contribution in [3.05, 3.63) is 35.4 Å². The van der Waals surface area contributed by atoms with Crippen LogP contribution in [0.5, 0.6) is 0 Å². The lowest BCUT2D eigenvalue weighted by atomic mass is 9.94. The topological polar surface area (TPSA) is 66.8 Å². The molecule has 0 fully saturated rings. The Hall–Kier alpha value is -1.39. The Balaban J connectivity index is 2.72. The quantitative estimate of drug-likeness (QED) is 0.716. The molecule has 0 aromatic heterocycles. The summed E-state index contributed by atoms with van der Waals surface area (Å²) in [5.74, 6) is -0.398. The number of aliphatic hydroxyl groups is 2. The van der Waals surface area contributed by atoms with Crippen molar-refractivity contribution in [2.75, 3.05) is 19.8 Å². The van der Waals surface area contributed by atoms with E-state index in [1.54, 1.807) is 13.0 Å². The van der Waals surface area contributed by atoms with Gasteiger partial charge in [-0.15, -0.1) is 0 Å². The number of aliphatic hydroxyl groups excluding tert-OH is 2. The van der Waals surface area contributed by atoms with E-state index in [1.165, 1.54) is 0 Å². The summed E-state index contributed by atoms with van der Waals surface area (Å²) in [7, 11) is 0. The largest absolute Gasteiger partial charge is 0.461 e. The zero-order chi connectivity index (χ0) is 15.0. The Morgan fingerprint density at radius 2 is 1.90 bits per heavy atom. The van der Waals surface area contributed by atoms with Gasteiger partial charge in [0, 0.05) is 5.41 Å². The summed E-state index contributed by atoms with van der Waals surface area (Å²) >= 11 is 0. The van der Waals surface area contributed by atoms with Crippen LogP contribution in [0.1, 0.15) is 42.6 Å². The third-order valence-corrected chi connectivity index (χ3v) is 3.35. The van der Waals surface area contributed by atoms with Crippen LogP contribution in [0, 0.1) is 5.41 Å². The molecule has 0 unspecified atom stereocenters. The van der Waals surface area contributed by atoms with Crippen LogP contribution in [0.15, 0.2) is 24.3 Å². The average molecular weight is 280 g/mol. The lowest BCUT2D eigenvalue weighted by Gasteiger charge is -2.24. The van der Waals surface area contributed by atoms with Gasteiger partial charge in [-0.25, -0.2) is 4.79 Å². The molecule has 0 amide bonds. The summed E-state index contributed by atoms with van der Waals surface area (Å²) in [6, 6.07) is 7.41. The third-order valence-electron chi connectivity index (χ3n) is 3.35. The van der Waals surface area contributed by atoms with E-state index < -0.39 is 11.4 Å². The first-order valence-electron chi connectivity index (χ1n) is 7.03. The van der Waals surface area contributed by atoms with Crippen LogP contribution in [0.2, 0.25) is 0 Å². The Kier molecular flexibility index (Phi) is 6.68. The summed E-state index contributed by atoms with van der Waals surface area (Å²) in [6.45, 7) is 3.32. The number of esters is 1. The number of hydrogen-bond donors (Lipinski definition) is 2. The molecule has 0 saturated heterocycles. The molecule has 0 saturated carbocycles. The Morgan fingerprint density at radius 3 is 2.50 bits per heavy atom. The molecule has 1 aromatic rings. The monoisotopic (exact) mass is 280 g/mol. The van der Waals surface area contributed by atoms with E-state index >= 15 is 0 Å². The number of aryl methyl sites for hydroxylation is 1. The molecule has 0 aliphatic heterocycles. The lowest BCUT2D eigenvalue weighted by molar-refractivity contribution is -0.00634. The number of carbonyl (C=O) groups is 1. The van der Waals surface area contributed by atoms with Gasteiger partial charge < -0.3 is 14.9 Å². The minimum atomic E-state index is -0.798. The molecule has 0 aliphatic rings.